The minimum absolute atomic E-state index is 0.815. The standard InChI is InChI=1S/C82H50N2S2/c1-7-24-51(25-8-1)57-42-67(55-32-15-5-16-33-55)79-71(46-57)73-48-59(53-28-11-3-12-29-53)44-69(81(73)85-79)63-40-23-41-64(76(63)75-50-83-77-65-38-21-19-36-61(65)62-37-20-22-39-66(62)78(77)84-75)70-45-60(54-30-13-4-14-31-54)49-74-72-47-58(52-26-9-2-10-27-52)43-68(80(72)86-82(70)74)56-34-17-6-18-35-56/h1-50H. The predicted molar refractivity (Wildman–Crippen MR) is 369 cm³/mol. The molecular formula is C82H50N2S2. The van der Waals surface area contributed by atoms with E-state index in [1.165, 1.54) is 90.2 Å². The van der Waals surface area contributed by atoms with Gasteiger partial charge in [0.15, 0.2) is 0 Å². The maximum absolute atomic E-state index is 5.95. The first-order chi connectivity index (χ1) is 42.6. The number of thiophene rings is 2. The minimum Gasteiger partial charge on any atom is -0.252 e. The average molecular weight is 1130 g/mol. The topological polar surface area (TPSA) is 25.8 Å². The van der Waals surface area contributed by atoms with Crippen molar-refractivity contribution >= 4 is 95.6 Å². The van der Waals surface area contributed by atoms with Gasteiger partial charge in [0, 0.05) is 78.9 Å². The van der Waals surface area contributed by atoms with Gasteiger partial charge in [0.25, 0.3) is 0 Å². The van der Waals surface area contributed by atoms with Crippen LogP contribution in [-0.4, -0.2) is 9.97 Å². The third-order valence-electron chi connectivity index (χ3n) is 17.3. The summed E-state index contributed by atoms with van der Waals surface area (Å²) in [4.78, 5) is 11.5. The average Bonchev–Trinajstić information content (AvgIpc) is 1.95. The van der Waals surface area contributed by atoms with Crippen molar-refractivity contribution in [3.63, 3.8) is 0 Å². The normalized spacial score (nSPS) is 11.7. The van der Waals surface area contributed by atoms with Crippen molar-refractivity contribution in [2.75, 3.05) is 0 Å². The van der Waals surface area contributed by atoms with Crippen LogP contribution in [-0.2, 0) is 0 Å². The smallest absolute Gasteiger partial charge is 0.0979 e. The molecule has 0 aliphatic rings. The van der Waals surface area contributed by atoms with Crippen molar-refractivity contribution in [1.82, 2.24) is 9.97 Å². The van der Waals surface area contributed by atoms with Crippen LogP contribution < -0.4 is 0 Å². The fraction of sp³-hybridized carbons (Fsp3) is 0. The molecule has 0 bridgehead atoms. The molecule has 4 heteroatoms. The fourth-order valence-electron chi connectivity index (χ4n) is 13.2. The first kappa shape index (κ1) is 49.9. The van der Waals surface area contributed by atoms with Crippen molar-refractivity contribution in [1.29, 1.82) is 0 Å². The van der Waals surface area contributed by atoms with E-state index < -0.39 is 0 Å². The van der Waals surface area contributed by atoms with E-state index in [-0.39, 0.29) is 0 Å². The Morgan fingerprint density at radius 1 is 0.209 bits per heavy atom. The lowest BCUT2D eigenvalue weighted by Crippen LogP contribution is -1.97. The summed E-state index contributed by atoms with van der Waals surface area (Å²) in [6, 6.07) is 109. The van der Waals surface area contributed by atoms with E-state index in [0.717, 1.165) is 83.0 Å². The van der Waals surface area contributed by atoms with Crippen LogP contribution in [0.4, 0.5) is 0 Å². The van der Waals surface area contributed by atoms with Gasteiger partial charge >= 0.3 is 0 Å². The number of benzene rings is 14. The second-order valence-electron chi connectivity index (χ2n) is 22.3. The van der Waals surface area contributed by atoms with Gasteiger partial charge in [0.05, 0.1) is 22.9 Å². The molecular weight excluding hydrogens is 1080 g/mol. The molecule has 2 nitrogen and oxygen atoms in total. The highest BCUT2D eigenvalue weighted by molar-refractivity contribution is 7.27. The summed E-state index contributed by atoms with van der Waals surface area (Å²) in [5.41, 5.74) is 22.3. The van der Waals surface area contributed by atoms with Crippen LogP contribution in [0.2, 0.25) is 0 Å². The molecule has 0 saturated carbocycles. The van der Waals surface area contributed by atoms with Crippen molar-refractivity contribution in [3.8, 4) is 100 Å². The van der Waals surface area contributed by atoms with Crippen LogP contribution in [0.1, 0.15) is 0 Å². The van der Waals surface area contributed by atoms with E-state index in [9.17, 15) is 0 Å². The zero-order valence-electron chi connectivity index (χ0n) is 46.6. The molecule has 17 aromatic rings. The first-order valence-electron chi connectivity index (χ1n) is 29.3. The van der Waals surface area contributed by atoms with E-state index in [4.69, 9.17) is 9.97 Å². The monoisotopic (exact) mass is 1130 g/mol. The summed E-state index contributed by atoms with van der Waals surface area (Å²) in [6.45, 7) is 0. The maximum Gasteiger partial charge on any atom is 0.0979 e. The lowest BCUT2D eigenvalue weighted by molar-refractivity contribution is 1.31. The third-order valence-corrected chi connectivity index (χ3v) is 19.8. The Morgan fingerprint density at radius 3 is 0.884 bits per heavy atom. The van der Waals surface area contributed by atoms with E-state index in [1.807, 2.05) is 22.7 Å². The summed E-state index contributed by atoms with van der Waals surface area (Å²) in [5.74, 6) is 0. The molecule has 0 radical (unpaired) electrons. The van der Waals surface area contributed by atoms with Gasteiger partial charge in [-0.3, -0.25) is 4.98 Å². The van der Waals surface area contributed by atoms with Crippen LogP contribution in [0.25, 0.3) is 173 Å². The molecule has 86 heavy (non-hydrogen) atoms. The van der Waals surface area contributed by atoms with Gasteiger partial charge in [-0.1, -0.05) is 249 Å². The molecule has 0 aliphatic heterocycles. The first-order valence-corrected chi connectivity index (χ1v) is 30.9. The van der Waals surface area contributed by atoms with Crippen LogP contribution in [0.3, 0.4) is 0 Å². The molecule has 400 valence electrons. The second kappa shape index (κ2) is 20.6. The molecule has 0 unspecified atom stereocenters. The molecule has 3 aromatic heterocycles. The Labute approximate surface area is 505 Å². The predicted octanol–water partition coefficient (Wildman–Crippen LogP) is 23.7. The fourth-order valence-corrected chi connectivity index (χ4v) is 15.9. The Hall–Kier alpha value is -10.6. The lowest BCUT2D eigenvalue weighted by Gasteiger charge is -2.19. The number of hydrogen-bond acceptors (Lipinski definition) is 4. The number of rotatable bonds is 9. The van der Waals surface area contributed by atoms with Crippen molar-refractivity contribution < 1.29 is 0 Å². The highest BCUT2D eigenvalue weighted by Gasteiger charge is 2.26. The van der Waals surface area contributed by atoms with Gasteiger partial charge < -0.3 is 0 Å². The molecule has 0 spiro atoms. The number of hydrogen-bond donors (Lipinski definition) is 0. The van der Waals surface area contributed by atoms with Crippen LogP contribution in [0.15, 0.2) is 303 Å². The molecule has 0 atom stereocenters. The largest absolute Gasteiger partial charge is 0.252 e. The van der Waals surface area contributed by atoms with E-state index in [0.29, 0.717) is 0 Å². The Morgan fingerprint density at radius 2 is 0.512 bits per heavy atom. The molecule has 0 fully saturated rings. The van der Waals surface area contributed by atoms with E-state index in [2.05, 4.69) is 303 Å². The number of fused-ring (bicyclic) bond motifs is 12. The Kier molecular flexibility index (Phi) is 12.0. The van der Waals surface area contributed by atoms with Gasteiger partial charge in [0.2, 0.25) is 0 Å². The highest BCUT2D eigenvalue weighted by atomic mass is 32.1. The maximum atomic E-state index is 5.95. The van der Waals surface area contributed by atoms with E-state index in [1.54, 1.807) is 0 Å². The van der Waals surface area contributed by atoms with Gasteiger partial charge in [-0.25, -0.2) is 4.98 Å². The van der Waals surface area contributed by atoms with Crippen molar-refractivity contribution in [2.45, 2.75) is 0 Å². The third kappa shape index (κ3) is 8.36. The SMILES string of the molecule is c1ccc(-c2cc(-c3ccccc3)c3sc4c(-c5cccc(-c6cc(-c7ccccc7)cc7c6sc6c(-c8ccccc8)cc(-c8ccccc8)cc67)c5-c5cnc6c7ccccc7c7ccccc7c6n5)cc(-c5ccccc5)cc4c3c2)cc1. The van der Waals surface area contributed by atoms with Crippen LogP contribution in [0.5, 0.6) is 0 Å². The zero-order valence-corrected chi connectivity index (χ0v) is 48.2. The van der Waals surface area contributed by atoms with Crippen molar-refractivity contribution in [2.24, 2.45) is 0 Å². The van der Waals surface area contributed by atoms with Crippen LogP contribution in [0, 0.1) is 0 Å². The molecule has 0 aliphatic carbocycles. The number of aromatic nitrogens is 2. The van der Waals surface area contributed by atoms with E-state index >= 15 is 0 Å². The lowest BCUT2D eigenvalue weighted by atomic mass is 9.86. The summed E-state index contributed by atoms with van der Waals surface area (Å²) in [7, 11) is 0. The Bertz CT molecular complexity index is 5190. The quantitative estimate of drug-likeness (QED) is 0.135. The molecule has 0 N–H and O–H groups in total. The van der Waals surface area contributed by atoms with Gasteiger partial charge in [-0.05, 0) is 126 Å². The summed E-state index contributed by atoms with van der Waals surface area (Å²) in [5, 5.41) is 9.40. The molecule has 0 saturated heterocycles. The van der Waals surface area contributed by atoms with Gasteiger partial charge in [0.1, 0.15) is 0 Å². The molecule has 17 rings (SSSR count). The molecule has 3 heterocycles. The number of nitrogens with zero attached hydrogens (tertiary/aromatic N) is 2. The van der Waals surface area contributed by atoms with Gasteiger partial charge in [-0.15, -0.1) is 22.7 Å². The van der Waals surface area contributed by atoms with Gasteiger partial charge in [-0.2, -0.15) is 0 Å². The Balaban J connectivity index is 1.03. The van der Waals surface area contributed by atoms with Crippen molar-refractivity contribution in [3.05, 3.63) is 303 Å². The zero-order chi connectivity index (χ0) is 56.7. The highest BCUT2D eigenvalue weighted by Crippen LogP contribution is 2.53. The second-order valence-corrected chi connectivity index (χ2v) is 24.3. The summed E-state index contributed by atoms with van der Waals surface area (Å²) < 4.78 is 4.95. The molecule has 14 aromatic carbocycles. The minimum atomic E-state index is 0.815. The van der Waals surface area contributed by atoms with Crippen LogP contribution >= 0.6 is 22.7 Å². The summed E-state index contributed by atoms with van der Waals surface area (Å²) in [6.07, 6.45) is 2.05. The summed E-state index contributed by atoms with van der Waals surface area (Å²) >= 11 is 3.79. The molecule has 0 amide bonds.